The molecule has 0 radical (unpaired) electrons. The normalized spacial score (nSPS) is 10.7. The highest BCUT2D eigenvalue weighted by atomic mass is 16.6. The molecule has 0 spiro atoms. The molecule has 0 aromatic heterocycles. The van der Waals surface area contributed by atoms with Crippen molar-refractivity contribution in [1.29, 1.82) is 0 Å². The number of nitro groups is 1. The molecule has 0 saturated heterocycles. The minimum absolute atomic E-state index is 0.00974. The van der Waals surface area contributed by atoms with Crippen LogP contribution in [0.15, 0.2) is 84.0 Å². The number of nitro benzene ring substituents is 1. The maximum absolute atomic E-state index is 11.0. The number of nitrogens with zero attached hydrogens (tertiary/aromatic N) is 3. The van der Waals surface area contributed by atoms with Gasteiger partial charge in [0, 0.05) is 24.5 Å². The fourth-order valence-corrected chi connectivity index (χ4v) is 2.49. The lowest BCUT2D eigenvalue weighted by Crippen LogP contribution is -2.08. The number of para-hydroxylation sites is 3. The topological polar surface area (TPSA) is 70.8 Å². The molecule has 0 fully saturated rings. The van der Waals surface area contributed by atoms with E-state index >= 15 is 0 Å². The molecule has 0 saturated carbocycles. The zero-order valence-corrected chi connectivity index (χ0v) is 14.2. The van der Waals surface area contributed by atoms with Gasteiger partial charge in [-0.25, -0.2) is 0 Å². The Labute approximate surface area is 151 Å². The van der Waals surface area contributed by atoms with Gasteiger partial charge in [0.1, 0.15) is 5.69 Å². The molecule has 0 aliphatic heterocycles. The predicted molar refractivity (Wildman–Crippen MR) is 105 cm³/mol. The van der Waals surface area contributed by atoms with Gasteiger partial charge in [-0.1, -0.05) is 42.5 Å². The van der Waals surface area contributed by atoms with Gasteiger partial charge in [-0.15, -0.1) is 0 Å². The Morgan fingerprint density at radius 3 is 2.23 bits per heavy atom. The lowest BCUT2D eigenvalue weighted by molar-refractivity contribution is -0.384. The minimum atomic E-state index is -0.438. The van der Waals surface area contributed by atoms with Crippen LogP contribution >= 0.6 is 0 Å². The second kappa shape index (κ2) is 7.94. The SMILES string of the molecule is CN(c1ccccc1)c1ccc(C=NNc2ccccc2[N+](=O)[O-])cc1. The first-order valence-corrected chi connectivity index (χ1v) is 8.06. The van der Waals surface area contributed by atoms with E-state index in [2.05, 4.69) is 15.4 Å². The quantitative estimate of drug-likeness (QED) is 0.395. The van der Waals surface area contributed by atoms with Gasteiger partial charge in [0.25, 0.3) is 5.69 Å². The number of benzene rings is 3. The third-order valence-corrected chi connectivity index (χ3v) is 3.92. The van der Waals surface area contributed by atoms with E-state index in [0.717, 1.165) is 16.9 Å². The van der Waals surface area contributed by atoms with Gasteiger partial charge in [-0.05, 0) is 35.9 Å². The summed E-state index contributed by atoms with van der Waals surface area (Å²) >= 11 is 0. The van der Waals surface area contributed by atoms with E-state index in [1.165, 1.54) is 6.07 Å². The van der Waals surface area contributed by atoms with E-state index in [4.69, 9.17) is 0 Å². The van der Waals surface area contributed by atoms with Crippen LogP contribution in [0, 0.1) is 10.1 Å². The summed E-state index contributed by atoms with van der Waals surface area (Å²) in [4.78, 5) is 12.6. The Morgan fingerprint density at radius 1 is 0.923 bits per heavy atom. The third kappa shape index (κ3) is 4.05. The predicted octanol–water partition coefficient (Wildman–Crippen LogP) is 4.81. The Hall–Kier alpha value is -3.67. The van der Waals surface area contributed by atoms with Crippen LogP contribution in [0.5, 0.6) is 0 Å². The van der Waals surface area contributed by atoms with E-state index in [0.29, 0.717) is 5.69 Å². The molecule has 0 atom stereocenters. The van der Waals surface area contributed by atoms with Crippen molar-refractivity contribution in [3.05, 3.63) is 94.5 Å². The summed E-state index contributed by atoms with van der Waals surface area (Å²) in [5.74, 6) is 0. The minimum Gasteiger partial charge on any atom is -0.345 e. The monoisotopic (exact) mass is 346 g/mol. The summed E-state index contributed by atoms with van der Waals surface area (Å²) in [6, 6.07) is 24.4. The molecule has 0 aliphatic rings. The molecule has 0 unspecified atom stereocenters. The van der Waals surface area contributed by atoms with Crippen molar-refractivity contribution < 1.29 is 4.92 Å². The largest absolute Gasteiger partial charge is 0.345 e. The number of hydrogen-bond donors (Lipinski definition) is 1. The van der Waals surface area contributed by atoms with Gasteiger partial charge in [0.05, 0.1) is 11.1 Å². The van der Waals surface area contributed by atoms with Crippen molar-refractivity contribution in [1.82, 2.24) is 0 Å². The second-order valence-corrected chi connectivity index (χ2v) is 5.63. The van der Waals surface area contributed by atoms with Crippen molar-refractivity contribution in [3.63, 3.8) is 0 Å². The molecular formula is C20H18N4O2. The summed E-state index contributed by atoms with van der Waals surface area (Å²) in [6.45, 7) is 0. The zero-order chi connectivity index (χ0) is 18.4. The van der Waals surface area contributed by atoms with Crippen LogP contribution < -0.4 is 10.3 Å². The first-order chi connectivity index (χ1) is 12.6. The highest BCUT2D eigenvalue weighted by molar-refractivity contribution is 5.81. The van der Waals surface area contributed by atoms with Crippen LogP contribution in [-0.4, -0.2) is 18.2 Å². The van der Waals surface area contributed by atoms with Crippen LogP contribution in [0.4, 0.5) is 22.7 Å². The Kier molecular flexibility index (Phi) is 5.24. The van der Waals surface area contributed by atoms with Gasteiger partial charge in [0.15, 0.2) is 0 Å². The zero-order valence-electron chi connectivity index (χ0n) is 14.2. The molecule has 26 heavy (non-hydrogen) atoms. The molecule has 130 valence electrons. The van der Waals surface area contributed by atoms with Crippen molar-refractivity contribution in [2.24, 2.45) is 5.10 Å². The Bertz CT molecular complexity index is 909. The van der Waals surface area contributed by atoms with Crippen molar-refractivity contribution in [2.45, 2.75) is 0 Å². The average Bonchev–Trinajstić information content (AvgIpc) is 2.69. The van der Waals surface area contributed by atoms with Gasteiger partial charge >= 0.3 is 0 Å². The fourth-order valence-electron chi connectivity index (χ4n) is 2.49. The van der Waals surface area contributed by atoms with Crippen molar-refractivity contribution >= 4 is 29.0 Å². The summed E-state index contributed by atoms with van der Waals surface area (Å²) in [7, 11) is 2.01. The average molecular weight is 346 g/mol. The number of nitrogens with one attached hydrogen (secondary N) is 1. The first kappa shape index (κ1) is 17.2. The molecule has 0 heterocycles. The summed E-state index contributed by atoms with van der Waals surface area (Å²) < 4.78 is 0. The molecule has 3 aromatic rings. The van der Waals surface area contributed by atoms with Gasteiger partial charge in [0.2, 0.25) is 0 Å². The highest BCUT2D eigenvalue weighted by Crippen LogP contribution is 2.24. The number of rotatable bonds is 6. The van der Waals surface area contributed by atoms with E-state index < -0.39 is 4.92 Å². The number of hydrogen-bond acceptors (Lipinski definition) is 5. The van der Waals surface area contributed by atoms with Crippen LogP contribution in [0.3, 0.4) is 0 Å². The van der Waals surface area contributed by atoms with Crippen molar-refractivity contribution in [2.75, 3.05) is 17.4 Å². The molecule has 6 nitrogen and oxygen atoms in total. The lowest BCUT2D eigenvalue weighted by atomic mass is 10.2. The Balaban J connectivity index is 1.68. The first-order valence-electron chi connectivity index (χ1n) is 8.06. The number of anilines is 3. The fraction of sp³-hybridized carbons (Fsp3) is 0.0500. The molecule has 1 N–H and O–H groups in total. The third-order valence-electron chi connectivity index (χ3n) is 3.92. The maximum Gasteiger partial charge on any atom is 0.294 e. The van der Waals surface area contributed by atoms with Gasteiger partial charge < -0.3 is 4.90 Å². The smallest absolute Gasteiger partial charge is 0.294 e. The van der Waals surface area contributed by atoms with Crippen LogP contribution in [0.2, 0.25) is 0 Å². The molecule has 0 aliphatic carbocycles. The van der Waals surface area contributed by atoms with E-state index in [-0.39, 0.29) is 5.69 Å². The maximum atomic E-state index is 11.0. The summed E-state index contributed by atoms with van der Waals surface area (Å²) in [6.07, 6.45) is 1.63. The molecular weight excluding hydrogens is 328 g/mol. The van der Waals surface area contributed by atoms with Crippen LogP contribution in [0.25, 0.3) is 0 Å². The van der Waals surface area contributed by atoms with Crippen LogP contribution in [-0.2, 0) is 0 Å². The second-order valence-electron chi connectivity index (χ2n) is 5.63. The van der Waals surface area contributed by atoms with Crippen molar-refractivity contribution in [3.8, 4) is 0 Å². The number of hydrazone groups is 1. The van der Waals surface area contributed by atoms with E-state index in [9.17, 15) is 10.1 Å². The molecule has 3 rings (SSSR count). The van der Waals surface area contributed by atoms with Crippen LogP contribution in [0.1, 0.15) is 5.56 Å². The molecule has 0 amide bonds. The lowest BCUT2D eigenvalue weighted by Gasteiger charge is -2.19. The van der Waals surface area contributed by atoms with Gasteiger partial charge in [-0.2, -0.15) is 5.10 Å². The van der Waals surface area contributed by atoms with Gasteiger partial charge in [-0.3, -0.25) is 15.5 Å². The van der Waals surface area contributed by atoms with E-state index in [1.54, 1.807) is 24.4 Å². The van der Waals surface area contributed by atoms with E-state index in [1.807, 2.05) is 61.6 Å². The molecule has 6 heteroatoms. The molecule has 0 bridgehead atoms. The molecule has 3 aromatic carbocycles. The standard InChI is InChI=1S/C20H18N4O2/c1-23(17-7-3-2-4-8-17)18-13-11-16(12-14-18)15-21-22-19-9-5-6-10-20(19)24(25)26/h2-15,22H,1H3. The Morgan fingerprint density at radius 2 is 1.54 bits per heavy atom. The summed E-state index contributed by atoms with van der Waals surface area (Å²) in [5.41, 5.74) is 6.12. The summed E-state index contributed by atoms with van der Waals surface area (Å²) in [5, 5.41) is 15.1. The highest BCUT2D eigenvalue weighted by Gasteiger charge is 2.10.